The molecular weight excluding hydrogens is 459 g/mol. The van der Waals surface area contributed by atoms with Crippen molar-refractivity contribution in [1.82, 2.24) is 19.9 Å². The Balaban J connectivity index is 1.15. The van der Waals surface area contributed by atoms with Crippen LogP contribution < -0.4 is 0 Å². The quantitative estimate of drug-likeness (QED) is 0.493. The summed E-state index contributed by atoms with van der Waals surface area (Å²) in [5.74, 6) is 0.473. The van der Waals surface area contributed by atoms with Crippen molar-refractivity contribution in [2.75, 3.05) is 26.2 Å². The molecule has 0 N–H and O–H groups in total. The first-order valence-electron chi connectivity index (χ1n) is 12.5. The standard InChI is InChI=1S/C28H29FN4O3/c29-24-10-4-8-22(18-24)26-30-27(36-31-26)23-9-5-15-33(19-23)28(35)21-13-16-32(17-14-21)25(34)12-11-20-6-2-1-3-7-20/h1-4,6-8,10-12,18,21,23H,5,9,13-17,19H2/b12-11+. The van der Waals surface area contributed by atoms with Crippen molar-refractivity contribution in [2.45, 2.75) is 31.6 Å². The summed E-state index contributed by atoms with van der Waals surface area (Å²) in [6.07, 6.45) is 6.47. The second kappa shape index (κ2) is 10.8. The van der Waals surface area contributed by atoms with Crippen LogP contribution in [0.5, 0.6) is 0 Å². The first-order chi connectivity index (χ1) is 17.6. The summed E-state index contributed by atoms with van der Waals surface area (Å²) in [6, 6.07) is 15.8. The number of benzene rings is 2. The fraction of sp³-hybridized carbons (Fsp3) is 0.357. The second-order valence-electron chi connectivity index (χ2n) is 9.43. The molecule has 1 aromatic heterocycles. The van der Waals surface area contributed by atoms with E-state index in [4.69, 9.17) is 4.52 Å². The fourth-order valence-electron chi connectivity index (χ4n) is 4.97. The Morgan fingerprint density at radius 3 is 2.56 bits per heavy atom. The van der Waals surface area contributed by atoms with Crippen LogP contribution in [0, 0.1) is 11.7 Å². The van der Waals surface area contributed by atoms with Gasteiger partial charge in [-0.2, -0.15) is 4.98 Å². The van der Waals surface area contributed by atoms with Gasteiger partial charge in [0.2, 0.25) is 23.5 Å². The lowest BCUT2D eigenvalue weighted by molar-refractivity contribution is -0.140. The zero-order valence-electron chi connectivity index (χ0n) is 20.1. The van der Waals surface area contributed by atoms with Gasteiger partial charge in [-0.1, -0.05) is 47.6 Å². The van der Waals surface area contributed by atoms with Gasteiger partial charge in [-0.3, -0.25) is 9.59 Å². The normalized spacial score (nSPS) is 19.1. The molecule has 2 aliphatic rings. The van der Waals surface area contributed by atoms with Crippen LogP contribution in [0.4, 0.5) is 4.39 Å². The van der Waals surface area contributed by atoms with Crippen LogP contribution >= 0.6 is 0 Å². The summed E-state index contributed by atoms with van der Waals surface area (Å²) in [5.41, 5.74) is 1.55. The predicted molar refractivity (Wildman–Crippen MR) is 133 cm³/mol. The van der Waals surface area contributed by atoms with Crippen LogP contribution in [-0.2, 0) is 9.59 Å². The molecule has 7 nitrogen and oxygen atoms in total. The molecule has 1 atom stereocenters. The summed E-state index contributed by atoms with van der Waals surface area (Å²) < 4.78 is 19.0. The molecule has 0 spiro atoms. The zero-order valence-corrected chi connectivity index (χ0v) is 20.1. The third-order valence-electron chi connectivity index (χ3n) is 6.98. The average Bonchev–Trinajstić information content (AvgIpc) is 3.43. The van der Waals surface area contributed by atoms with Gasteiger partial charge in [-0.25, -0.2) is 4.39 Å². The molecular formula is C28H29FN4O3. The van der Waals surface area contributed by atoms with Crippen LogP contribution in [0.2, 0.25) is 0 Å². The highest BCUT2D eigenvalue weighted by Gasteiger charge is 2.34. The Kier molecular flexibility index (Phi) is 7.21. The number of aromatic nitrogens is 2. The third kappa shape index (κ3) is 5.53. The predicted octanol–water partition coefficient (Wildman–Crippen LogP) is 4.53. The van der Waals surface area contributed by atoms with Gasteiger partial charge in [0.05, 0.1) is 5.92 Å². The summed E-state index contributed by atoms with van der Waals surface area (Å²) in [6.45, 7) is 2.39. The monoisotopic (exact) mass is 488 g/mol. The average molecular weight is 489 g/mol. The molecule has 3 aromatic rings. The smallest absolute Gasteiger partial charge is 0.246 e. The number of likely N-dealkylation sites (tertiary alicyclic amines) is 2. The SMILES string of the molecule is O=C(/C=C/c1ccccc1)N1CCC(C(=O)N2CCCC(c3nc(-c4cccc(F)c4)no3)C2)CC1. The molecule has 0 saturated carbocycles. The van der Waals surface area contributed by atoms with Crippen molar-refractivity contribution in [1.29, 1.82) is 0 Å². The minimum Gasteiger partial charge on any atom is -0.342 e. The van der Waals surface area contributed by atoms with Gasteiger partial charge in [0.1, 0.15) is 5.82 Å². The van der Waals surface area contributed by atoms with Gasteiger partial charge in [-0.05, 0) is 49.5 Å². The molecule has 2 aliphatic heterocycles. The number of hydrogen-bond acceptors (Lipinski definition) is 5. The topological polar surface area (TPSA) is 79.5 Å². The zero-order chi connectivity index (χ0) is 24.9. The van der Waals surface area contributed by atoms with Crippen molar-refractivity contribution in [3.63, 3.8) is 0 Å². The molecule has 2 fully saturated rings. The summed E-state index contributed by atoms with van der Waals surface area (Å²) in [5, 5.41) is 4.02. The molecule has 0 bridgehead atoms. The van der Waals surface area contributed by atoms with E-state index in [1.807, 2.05) is 46.2 Å². The molecule has 8 heteroatoms. The number of rotatable bonds is 5. The Labute approximate surface area is 209 Å². The lowest BCUT2D eigenvalue weighted by Gasteiger charge is -2.36. The highest BCUT2D eigenvalue weighted by Crippen LogP contribution is 2.30. The molecule has 2 saturated heterocycles. The van der Waals surface area contributed by atoms with Crippen LogP contribution in [0.15, 0.2) is 65.2 Å². The van der Waals surface area contributed by atoms with Crippen molar-refractivity contribution in [2.24, 2.45) is 5.92 Å². The van der Waals surface area contributed by atoms with E-state index in [-0.39, 0.29) is 29.5 Å². The van der Waals surface area contributed by atoms with Gasteiger partial charge >= 0.3 is 0 Å². The first kappa shape index (κ1) is 23.9. The fourth-order valence-corrected chi connectivity index (χ4v) is 4.97. The Morgan fingerprint density at radius 2 is 1.78 bits per heavy atom. The number of amides is 2. The van der Waals surface area contributed by atoms with E-state index in [1.54, 1.807) is 18.2 Å². The molecule has 2 amide bonds. The van der Waals surface area contributed by atoms with Crippen LogP contribution in [-0.4, -0.2) is 57.9 Å². The maximum atomic E-state index is 13.6. The minimum absolute atomic E-state index is 0.0201. The molecule has 0 radical (unpaired) electrons. The lowest BCUT2D eigenvalue weighted by atomic mass is 9.92. The second-order valence-corrected chi connectivity index (χ2v) is 9.43. The van der Waals surface area contributed by atoms with E-state index in [0.717, 1.165) is 18.4 Å². The van der Waals surface area contributed by atoms with E-state index in [0.29, 0.717) is 56.3 Å². The van der Waals surface area contributed by atoms with Gasteiger partial charge in [-0.15, -0.1) is 0 Å². The van der Waals surface area contributed by atoms with E-state index in [1.165, 1.54) is 12.1 Å². The maximum Gasteiger partial charge on any atom is 0.246 e. The van der Waals surface area contributed by atoms with Gasteiger partial charge in [0.15, 0.2) is 0 Å². The molecule has 186 valence electrons. The minimum atomic E-state index is -0.353. The number of nitrogens with zero attached hydrogens (tertiary/aromatic N) is 4. The molecule has 5 rings (SSSR count). The molecule has 36 heavy (non-hydrogen) atoms. The molecule has 3 heterocycles. The van der Waals surface area contributed by atoms with E-state index < -0.39 is 0 Å². The third-order valence-corrected chi connectivity index (χ3v) is 6.98. The number of halogens is 1. The number of carbonyl (C=O) groups is 2. The Hall–Kier alpha value is -3.81. The van der Waals surface area contributed by atoms with Crippen molar-refractivity contribution >= 4 is 17.9 Å². The number of hydrogen-bond donors (Lipinski definition) is 0. The largest absolute Gasteiger partial charge is 0.342 e. The molecule has 2 aromatic carbocycles. The summed E-state index contributed by atoms with van der Waals surface area (Å²) in [7, 11) is 0. The van der Waals surface area contributed by atoms with Crippen molar-refractivity contribution in [3.8, 4) is 11.4 Å². The Bertz CT molecular complexity index is 1230. The number of piperidine rings is 2. The highest BCUT2D eigenvalue weighted by atomic mass is 19.1. The van der Waals surface area contributed by atoms with E-state index in [2.05, 4.69) is 10.1 Å². The summed E-state index contributed by atoms with van der Waals surface area (Å²) in [4.78, 5) is 34.1. The molecule has 0 aliphatic carbocycles. The molecule has 1 unspecified atom stereocenters. The van der Waals surface area contributed by atoms with Crippen LogP contribution in [0.3, 0.4) is 0 Å². The van der Waals surface area contributed by atoms with Gasteiger partial charge in [0, 0.05) is 43.7 Å². The van der Waals surface area contributed by atoms with Gasteiger partial charge < -0.3 is 14.3 Å². The van der Waals surface area contributed by atoms with Gasteiger partial charge in [0.25, 0.3) is 0 Å². The van der Waals surface area contributed by atoms with Crippen molar-refractivity contribution < 1.29 is 18.5 Å². The van der Waals surface area contributed by atoms with E-state index >= 15 is 0 Å². The first-order valence-corrected chi connectivity index (χ1v) is 12.5. The highest BCUT2D eigenvalue weighted by molar-refractivity contribution is 5.92. The Morgan fingerprint density at radius 1 is 0.972 bits per heavy atom. The van der Waals surface area contributed by atoms with Crippen LogP contribution in [0.1, 0.15) is 43.1 Å². The summed E-state index contributed by atoms with van der Waals surface area (Å²) >= 11 is 0. The van der Waals surface area contributed by atoms with Crippen LogP contribution in [0.25, 0.3) is 17.5 Å². The maximum absolute atomic E-state index is 13.6. The number of carbonyl (C=O) groups excluding carboxylic acids is 2. The lowest BCUT2D eigenvalue weighted by Crippen LogP contribution is -2.46. The van der Waals surface area contributed by atoms with Crippen molar-refractivity contribution in [3.05, 3.63) is 77.9 Å². The van der Waals surface area contributed by atoms with E-state index in [9.17, 15) is 14.0 Å².